The molecule has 0 amide bonds. The number of rotatable bonds is 0. The molecule has 0 saturated carbocycles. The lowest BCUT2D eigenvalue weighted by Crippen LogP contribution is -2.70. The third-order valence-electron chi connectivity index (χ3n) is 5.18. The summed E-state index contributed by atoms with van der Waals surface area (Å²) in [5.41, 5.74) is 0.590. The van der Waals surface area contributed by atoms with Gasteiger partial charge in [-0.2, -0.15) is 0 Å². The van der Waals surface area contributed by atoms with Crippen LogP contribution in [0.2, 0.25) is 0 Å². The van der Waals surface area contributed by atoms with Gasteiger partial charge in [0.15, 0.2) is 0 Å². The Hall–Kier alpha value is -0.0800. The molecular weight excluding hydrogens is 172 g/mol. The Morgan fingerprint density at radius 3 is 2.71 bits per heavy atom. The molecule has 0 bridgehead atoms. The van der Waals surface area contributed by atoms with Crippen molar-refractivity contribution in [2.75, 3.05) is 26.7 Å². The Labute approximate surface area is 87.3 Å². The maximum absolute atomic E-state index is 2.75. The summed E-state index contributed by atoms with van der Waals surface area (Å²) in [6, 6.07) is 1.74. The second kappa shape index (κ2) is 2.73. The zero-order valence-electron chi connectivity index (χ0n) is 9.66. The van der Waals surface area contributed by atoms with Gasteiger partial charge in [-0.3, -0.25) is 4.90 Å². The Bertz CT molecular complexity index is 253. The fraction of sp³-hybridized carbons (Fsp3) is 1.00. The Morgan fingerprint density at radius 1 is 1.21 bits per heavy atom. The first-order valence-corrected chi connectivity index (χ1v) is 6.07. The highest BCUT2D eigenvalue weighted by molar-refractivity contribution is 5.15. The summed E-state index contributed by atoms with van der Waals surface area (Å²) in [4.78, 5) is 5.30. The van der Waals surface area contributed by atoms with Crippen LogP contribution in [0.1, 0.15) is 26.7 Å². The summed E-state index contributed by atoms with van der Waals surface area (Å²) in [5.74, 6) is 1.00. The molecule has 3 saturated heterocycles. The van der Waals surface area contributed by atoms with Crippen LogP contribution in [-0.4, -0.2) is 48.6 Å². The fourth-order valence-electron chi connectivity index (χ4n) is 4.35. The normalized spacial score (nSPS) is 53.8. The average molecular weight is 194 g/mol. The van der Waals surface area contributed by atoms with Crippen molar-refractivity contribution in [3.63, 3.8) is 0 Å². The fourth-order valence-corrected chi connectivity index (χ4v) is 4.35. The van der Waals surface area contributed by atoms with E-state index in [2.05, 4.69) is 30.7 Å². The summed E-state index contributed by atoms with van der Waals surface area (Å²) in [6.07, 6.45) is 2.89. The van der Waals surface area contributed by atoms with E-state index in [1.54, 1.807) is 0 Å². The van der Waals surface area contributed by atoms with E-state index in [0.717, 1.165) is 18.0 Å². The smallest absolute Gasteiger partial charge is 0.0208 e. The first-order chi connectivity index (χ1) is 6.63. The van der Waals surface area contributed by atoms with Crippen molar-refractivity contribution in [3.05, 3.63) is 0 Å². The summed E-state index contributed by atoms with van der Waals surface area (Å²) < 4.78 is 0. The van der Waals surface area contributed by atoms with E-state index in [1.165, 1.54) is 32.5 Å². The molecule has 4 unspecified atom stereocenters. The average Bonchev–Trinajstić information content (AvgIpc) is 2.51. The van der Waals surface area contributed by atoms with Crippen LogP contribution in [0.25, 0.3) is 0 Å². The van der Waals surface area contributed by atoms with Crippen molar-refractivity contribution in [2.24, 2.45) is 11.3 Å². The molecule has 3 rings (SSSR count). The third-order valence-corrected chi connectivity index (χ3v) is 5.18. The minimum absolute atomic E-state index is 0.590. The van der Waals surface area contributed by atoms with Crippen molar-refractivity contribution < 1.29 is 0 Å². The second-order valence-electron chi connectivity index (χ2n) is 5.94. The van der Waals surface area contributed by atoms with Crippen LogP contribution >= 0.6 is 0 Å². The van der Waals surface area contributed by atoms with E-state index in [-0.39, 0.29) is 0 Å². The van der Waals surface area contributed by atoms with Crippen LogP contribution in [-0.2, 0) is 0 Å². The van der Waals surface area contributed by atoms with Gasteiger partial charge in [0.05, 0.1) is 0 Å². The second-order valence-corrected chi connectivity index (χ2v) is 5.94. The van der Waals surface area contributed by atoms with Crippen LogP contribution in [0.4, 0.5) is 0 Å². The minimum atomic E-state index is 0.590. The summed E-state index contributed by atoms with van der Waals surface area (Å²) in [5, 5.41) is 0. The molecule has 0 spiro atoms. The summed E-state index contributed by atoms with van der Waals surface area (Å²) >= 11 is 0. The molecule has 0 radical (unpaired) electrons. The highest BCUT2D eigenvalue weighted by Gasteiger charge is 2.61. The van der Waals surface area contributed by atoms with Gasteiger partial charge in [-0.15, -0.1) is 0 Å². The molecule has 4 atom stereocenters. The quantitative estimate of drug-likeness (QED) is 0.575. The first kappa shape index (κ1) is 9.17. The highest BCUT2D eigenvalue weighted by atomic mass is 15.3. The lowest BCUT2D eigenvalue weighted by molar-refractivity contribution is -0.111. The van der Waals surface area contributed by atoms with E-state index >= 15 is 0 Å². The Morgan fingerprint density at radius 2 is 1.93 bits per heavy atom. The zero-order valence-corrected chi connectivity index (χ0v) is 9.66. The molecule has 0 aromatic heterocycles. The molecule has 0 aromatic rings. The van der Waals surface area contributed by atoms with Gasteiger partial charge in [-0.1, -0.05) is 6.92 Å². The van der Waals surface area contributed by atoms with E-state index in [4.69, 9.17) is 0 Å². The molecule has 3 fully saturated rings. The van der Waals surface area contributed by atoms with Crippen LogP contribution in [0.15, 0.2) is 0 Å². The highest BCUT2D eigenvalue weighted by Crippen LogP contribution is 2.54. The lowest BCUT2D eigenvalue weighted by atomic mass is 9.64. The monoisotopic (exact) mass is 194 g/mol. The van der Waals surface area contributed by atoms with Crippen molar-refractivity contribution in [1.82, 2.24) is 9.80 Å². The SMILES string of the molecule is CC1N2CCC3CCN(C)CC1(C)C32. The zero-order chi connectivity index (χ0) is 9.92. The van der Waals surface area contributed by atoms with Crippen molar-refractivity contribution >= 4 is 0 Å². The number of likely N-dealkylation sites (tertiary alicyclic amines) is 1. The standard InChI is InChI=1S/C12H22N2/c1-9-12(2)8-13(3)6-4-10-5-7-14(9)11(10)12/h9-11H,4-8H2,1-3H3. The van der Waals surface area contributed by atoms with Gasteiger partial charge in [0.1, 0.15) is 0 Å². The summed E-state index contributed by atoms with van der Waals surface area (Å²) in [7, 11) is 2.29. The number of nitrogens with zero attached hydrogens (tertiary/aromatic N) is 2. The van der Waals surface area contributed by atoms with Gasteiger partial charge < -0.3 is 4.90 Å². The summed E-state index contributed by atoms with van der Waals surface area (Å²) in [6.45, 7) is 8.94. The van der Waals surface area contributed by atoms with Crippen LogP contribution < -0.4 is 0 Å². The first-order valence-electron chi connectivity index (χ1n) is 6.07. The van der Waals surface area contributed by atoms with Crippen molar-refractivity contribution in [2.45, 2.75) is 38.8 Å². The third kappa shape index (κ3) is 0.938. The van der Waals surface area contributed by atoms with Gasteiger partial charge in [-0.25, -0.2) is 0 Å². The van der Waals surface area contributed by atoms with E-state index in [1.807, 2.05) is 0 Å². The van der Waals surface area contributed by atoms with Crippen LogP contribution in [0, 0.1) is 11.3 Å². The molecule has 0 aliphatic carbocycles. The molecule has 3 aliphatic heterocycles. The molecule has 3 heterocycles. The molecule has 2 nitrogen and oxygen atoms in total. The van der Waals surface area contributed by atoms with Crippen LogP contribution in [0.5, 0.6) is 0 Å². The topological polar surface area (TPSA) is 6.48 Å². The van der Waals surface area contributed by atoms with Gasteiger partial charge in [0, 0.05) is 24.0 Å². The van der Waals surface area contributed by atoms with Crippen molar-refractivity contribution in [3.8, 4) is 0 Å². The van der Waals surface area contributed by atoms with Gasteiger partial charge in [-0.05, 0) is 45.8 Å². The van der Waals surface area contributed by atoms with Gasteiger partial charge >= 0.3 is 0 Å². The molecule has 3 aliphatic rings. The van der Waals surface area contributed by atoms with Crippen molar-refractivity contribution in [1.29, 1.82) is 0 Å². The van der Waals surface area contributed by atoms with Gasteiger partial charge in [0.2, 0.25) is 0 Å². The lowest BCUT2D eigenvalue weighted by Gasteiger charge is -2.60. The maximum Gasteiger partial charge on any atom is 0.0208 e. The molecule has 80 valence electrons. The van der Waals surface area contributed by atoms with E-state index in [9.17, 15) is 0 Å². The Kier molecular flexibility index (Phi) is 1.79. The van der Waals surface area contributed by atoms with Gasteiger partial charge in [0.25, 0.3) is 0 Å². The van der Waals surface area contributed by atoms with Crippen LogP contribution in [0.3, 0.4) is 0 Å². The Balaban J connectivity index is 1.92. The predicted molar refractivity (Wildman–Crippen MR) is 58.3 cm³/mol. The predicted octanol–water partition coefficient (Wildman–Crippen LogP) is 1.42. The molecule has 14 heavy (non-hydrogen) atoms. The number of hydrogen-bond acceptors (Lipinski definition) is 2. The van der Waals surface area contributed by atoms with E-state index < -0.39 is 0 Å². The maximum atomic E-state index is 2.75. The minimum Gasteiger partial charge on any atom is -0.306 e. The number of hydrogen-bond donors (Lipinski definition) is 0. The molecule has 0 aromatic carbocycles. The molecule has 0 N–H and O–H groups in total. The largest absolute Gasteiger partial charge is 0.306 e. The van der Waals surface area contributed by atoms with E-state index in [0.29, 0.717) is 5.41 Å². The molecule has 2 heteroatoms. The molecular formula is C12H22N2.